The molecule has 0 saturated heterocycles. The largest absolute Gasteiger partial charge is 0.348 e. The van der Waals surface area contributed by atoms with Crippen molar-refractivity contribution in [2.75, 3.05) is 6.54 Å². The summed E-state index contributed by atoms with van der Waals surface area (Å²) in [5.74, 6) is -0.729. The molecule has 0 fully saturated rings. The molecule has 0 bridgehead atoms. The van der Waals surface area contributed by atoms with E-state index in [4.69, 9.17) is 28.9 Å². The van der Waals surface area contributed by atoms with Crippen LogP contribution in [-0.2, 0) is 0 Å². The van der Waals surface area contributed by atoms with E-state index in [0.717, 1.165) is 12.5 Å². The van der Waals surface area contributed by atoms with Gasteiger partial charge >= 0.3 is 0 Å². The summed E-state index contributed by atoms with van der Waals surface area (Å²) in [6.07, 6.45) is 0.746. The SMILES string of the molecule is CC(C)CC(CN)NC(=O)c1cc(F)c(Cl)cc1Cl.Cl. The molecule has 1 aromatic carbocycles. The molecular weight excluding hydrogens is 326 g/mol. The molecule has 1 atom stereocenters. The predicted octanol–water partition coefficient (Wildman–Crippen LogP) is 3.66. The van der Waals surface area contributed by atoms with Crippen LogP contribution in [-0.4, -0.2) is 18.5 Å². The first kappa shape index (κ1) is 19.4. The summed E-state index contributed by atoms with van der Waals surface area (Å²) in [5, 5.41) is 2.75. The highest BCUT2D eigenvalue weighted by molar-refractivity contribution is 6.36. The molecule has 114 valence electrons. The van der Waals surface area contributed by atoms with Gasteiger partial charge in [0.15, 0.2) is 0 Å². The van der Waals surface area contributed by atoms with Crippen molar-refractivity contribution in [3.63, 3.8) is 0 Å². The first-order valence-corrected chi connectivity index (χ1v) is 6.76. The molecule has 3 N–H and O–H groups in total. The molecule has 0 aliphatic rings. The van der Waals surface area contributed by atoms with Crippen molar-refractivity contribution in [2.24, 2.45) is 11.7 Å². The molecule has 0 heterocycles. The zero-order valence-corrected chi connectivity index (χ0v) is 13.6. The number of benzene rings is 1. The van der Waals surface area contributed by atoms with Crippen LogP contribution in [0.25, 0.3) is 0 Å². The zero-order chi connectivity index (χ0) is 14.6. The van der Waals surface area contributed by atoms with E-state index in [2.05, 4.69) is 5.32 Å². The molecule has 0 saturated carbocycles. The van der Waals surface area contributed by atoms with E-state index in [-0.39, 0.29) is 34.1 Å². The summed E-state index contributed by atoms with van der Waals surface area (Å²) >= 11 is 11.5. The fraction of sp³-hybridized carbons (Fsp3) is 0.462. The monoisotopic (exact) mass is 342 g/mol. The second-order valence-corrected chi connectivity index (χ2v) is 5.60. The summed E-state index contributed by atoms with van der Waals surface area (Å²) in [5.41, 5.74) is 5.66. The van der Waals surface area contributed by atoms with Gasteiger partial charge in [-0.15, -0.1) is 12.4 Å². The van der Waals surface area contributed by atoms with Gasteiger partial charge in [0.2, 0.25) is 0 Å². The number of amides is 1. The topological polar surface area (TPSA) is 55.1 Å². The Morgan fingerprint density at radius 2 is 1.95 bits per heavy atom. The number of carbonyl (C=O) groups excluding carboxylic acids is 1. The van der Waals surface area contributed by atoms with Gasteiger partial charge in [0, 0.05) is 12.6 Å². The van der Waals surface area contributed by atoms with Crippen molar-refractivity contribution >= 4 is 41.5 Å². The van der Waals surface area contributed by atoms with Gasteiger partial charge in [-0.1, -0.05) is 37.0 Å². The maximum atomic E-state index is 13.4. The third-order valence-corrected chi connectivity index (χ3v) is 3.23. The molecule has 0 aliphatic carbocycles. The third kappa shape index (κ3) is 5.44. The van der Waals surface area contributed by atoms with Gasteiger partial charge in [0.25, 0.3) is 5.91 Å². The van der Waals surface area contributed by atoms with Crippen LogP contribution in [0.1, 0.15) is 30.6 Å². The highest BCUT2D eigenvalue weighted by Crippen LogP contribution is 2.24. The maximum absolute atomic E-state index is 13.4. The number of hydrogen-bond acceptors (Lipinski definition) is 2. The van der Waals surface area contributed by atoms with Gasteiger partial charge in [-0.3, -0.25) is 4.79 Å². The smallest absolute Gasteiger partial charge is 0.253 e. The molecule has 1 amide bonds. The van der Waals surface area contributed by atoms with E-state index < -0.39 is 11.7 Å². The molecule has 20 heavy (non-hydrogen) atoms. The number of hydrogen-bond donors (Lipinski definition) is 2. The Labute approximate surface area is 134 Å². The van der Waals surface area contributed by atoms with Crippen LogP contribution in [0.15, 0.2) is 12.1 Å². The Morgan fingerprint density at radius 3 is 2.45 bits per heavy atom. The summed E-state index contributed by atoms with van der Waals surface area (Å²) in [4.78, 5) is 12.0. The Bertz CT molecular complexity index is 469. The minimum absolute atomic E-state index is 0. The van der Waals surface area contributed by atoms with Crippen LogP contribution in [0.4, 0.5) is 4.39 Å². The lowest BCUT2D eigenvalue weighted by molar-refractivity contribution is 0.0933. The van der Waals surface area contributed by atoms with Crippen molar-refractivity contribution in [2.45, 2.75) is 26.3 Å². The van der Waals surface area contributed by atoms with Gasteiger partial charge in [0.05, 0.1) is 15.6 Å². The Kier molecular flexibility index (Phi) is 8.44. The van der Waals surface area contributed by atoms with Crippen LogP contribution in [0.5, 0.6) is 0 Å². The highest BCUT2D eigenvalue weighted by atomic mass is 35.5. The van der Waals surface area contributed by atoms with Gasteiger partial charge in [-0.05, 0) is 24.5 Å². The van der Waals surface area contributed by atoms with E-state index in [0.29, 0.717) is 12.5 Å². The second kappa shape index (κ2) is 8.67. The number of nitrogens with two attached hydrogens (primary N) is 1. The zero-order valence-electron chi connectivity index (χ0n) is 11.3. The summed E-state index contributed by atoms with van der Waals surface area (Å²) in [6.45, 7) is 4.38. The van der Waals surface area contributed by atoms with Crippen molar-refractivity contribution in [3.8, 4) is 0 Å². The van der Waals surface area contributed by atoms with Crippen molar-refractivity contribution in [1.29, 1.82) is 0 Å². The average Bonchev–Trinajstić information content (AvgIpc) is 2.32. The van der Waals surface area contributed by atoms with Crippen LogP contribution in [0.3, 0.4) is 0 Å². The molecule has 0 radical (unpaired) electrons. The molecule has 0 spiro atoms. The van der Waals surface area contributed by atoms with E-state index in [1.54, 1.807) is 0 Å². The quantitative estimate of drug-likeness (QED) is 0.802. The van der Waals surface area contributed by atoms with E-state index in [1.807, 2.05) is 13.8 Å². The Morgan fingerprint density at radius 1 is 1.35 bits per heavy atom. The van der Waals surface area contributed by atoms with Gasteiger partial charge in [0.1, 0.15) is 5.82 Å². The lowest BCUT2D eigenvalue weighted by Crippen LogP contribution is -2.41. The number of nitrogens with one attached hydrogen (secondary N) is 1. The van der Waals surface area contributed by atoms with E-state index in [1.165, 1.54) is 6.07 Å². The van der Waals surface area contributed by atoms with E-state index in [9.17, 15) is 9.18 Å². The fourth-order valence-electron chi connectivity index (χ4n) is 1.74. The van der Waals surface area contributed by atoms with Crippen molar-refractivity contribution < 1.29 is 9.18 Å². The molecule has 0 aromatic heterocycles. The van der Waals surface area contributed by atoms with Crippen LogP contribution >= 0.6 is 35.6 Å². The third-order valence-electron chi connectivity index (χ3n) is 2.63. The molecule has 1 aromatic rings. The van der Waals surface area contributed by atoms with E-state index >= 15 is 0 Å². The first-order chi connectivity index (χ1) is 8.85. The summed E-state index contributed by atoms with van der Waals surface area (Å²) in [7, 11) is 0. The minimum Gasteiger partial charge on any atom is -0.348 e. The van der Waals surface area contributed by atoms with Gasteiger partial charge in [-0.25, -0.2) is 4.39 Å². The molecule has 1 rings (SSSR count). The summed E-state index contributed by atoms with van der Waals surface area (Å²) < 4.78 is 13.4. The number of rotatable bonds is 5. The van der Waals surface area contributed by atoms with Crippen LogP contribution < -0.4 is 11.1 Å². The second-order valence-electron chi connectivity index (χ2n) is 4.78. The predicted molar refractivity (Wildman–Crippen MR) is 83.4 cm³/mol. The standard InChI is InChI=1S/C13H17Cl2FN2O.ClH/c1-7(2)3-8(6-17)18-13(19)9-4-12(16)11(15)5-10(9)14;/h4-5,7-8H,3,6,17H2,1-2H3,(H,18,19);1H. The molecule has 1 unspecified atom stereocenters. The Hall–Kier alpha value is -0.550. The average molecular weight is 344 g/mol. The summed E-state index contributed by atoms with van der Waals surface area (Å²) in [6, 6.07) is 2.08. The maximum Gasteiger partial charge on any atom is 0.253 e. The molecule has 7 heteroatoms. The van der Waals surface area contributed by atoms with Crippen molar-refractivity contribution in [3.05, 3.63) is 33.6 Å². The molecule has 3 nitrogen and oxygen atoms in total. The highest BCUT2D eigenvalue weighted by Gasteiger charge is 2.18. The van der Waals surface area contributed by atoms with Crippen LogP contribution in [0, 0.1) is 11.7 Å². The Balaban J connectivity index is 0.00000361. The fourth-order valence-corrected chi connectivity index (χ4v) is 2.21. The normalized spacial score (nSPS) is 11.9. The number of halogens is 4. The van der Waals surface area contributed by atoms with Crippen LogP contribution in [0.2, 0.25) is 10.0 Å². The molecular formula is C13H18Cl3FN2O. The first-order valence-electron chi connectivity index (χ1n) is 6.00. The lowest BCUT2D eigenvalue weighted by Gasteiger charge is -2.19. The van der Waals surface area contributed by atoms with Crippen molar-refractivity contribution in [1.82, 2.24) is 5.32 Å². The lowest BCUT2D eigenvalue weighted by atomic mass is 10.0. The molecule has 0 aliphatic heterocycles. The van der Waals surface area contributed by atoms with Gasteiger partial charge in [-0.2, -0.15) is 0 Å². The van der Waals surface area contributed by atoms with Gasteiger partial charge < -0.3 is 11.1 Å². The minimum atomic E-state index is -0.677. The number of carbonyl (C=O) groups is 1.